The summed E-state index contributed by atoms with van der Waals surface area (Å²) in [6.45, 7) is 8.26. The predicted molar refractivity (Wildman–Crippen MR) is 104 cm³/mol. The monoisotopic (exact) mass is 385 g/mol. The van der Waals surface area contributed by atoms with Gasteiger partial charge < -0.3 is 19.1 Å². The number of nitrogens with zero attached hydrogens (tertiary/aromatic N) is 5. The molecule has 8 nitrogen and oxygen atoms in total. The summed E-state index contributed by atoms with van der Waals surface area (Å²) in [6.07, 6.45) is 4.34. The van der Waals surface area contributed by atoms with Crippen LogP contribution in [0.2, 0.25) is 0 Å². The standard InChI is InChI=1S/C20H27N5O3/c1-3-18(26)25-6-4-5-15(13-25)19-16(17-11-14(2)23-28-17)12-21-20(22-19)24-7-9-27-10-8-24/h11-12,15H,3-10,13H2,1-2H3. The molecule has 0 bridgehead atoms. The zero-order chi connectivity index (χ0) is 19.5. The highest BCUT2D eigenvalue weighted by Gasteiger charge is 2.29. The Labute approximate surface area is 164 Å². The lowest BCUT2D eigenvalue weighted by Gasteiger charge is -2.33. The number of carbonyl (C=O) groups excluding carboxylic acids is 1. The number of hydrogen-bond acceptors (Lipinski definition) is 7. The largest absolute Gasteiger partial charge is 0.378 e. The highest BCUT2D eigenvalue weighted by atomic mass is 16.5. The first-order valence-corrected chi connectivity index (χ1v) is 10.1. The molecule has 0 N–H and O–H groups in total. The van der Waals surface area contributed by atoms with Crippen LogP contribution in [0, 0.1) is 6.92 Å². The van der Waals surface area contributed by atoms with Crippen LogP contribution in [0.5, 0.6) is 0 Å². The first kappa shape index (κ1) is 18.9. The topological polar surface area (TPSA) is 84.6 Å². The number of anilines is 1. The summed E-state index contributed by atoms with van der Waals surface area (Å²) in [5, 5.41) is 4.03. The molecule has 2 fully saturated rings. The van der Waals surface area contributed by atoms with Gasteiger partial charge in [-0.05, 0) is 19.8 Å². The van der Waals surface area contributed by atoms with Gasteiger partial charge in [-0.3, -0.25) is 4.79 Å². The fourth-order valence-electron chi connectivity index (χ4n) is 3.94. The molecule has 2 aromatic rings. The molecule has 0 saturated carbocycles. The third-order valence-electron chi connectivity index (χ3n) is 5.46. The minimum absolute atomic E-state index is 0.160. The normalized spacial score (nSPS) is 20.4. The lowest BCUT2D eigenvalue weighted by atomic mass is 9.91. The van der Waals surface area contributed by atoms with Crippen molar-refractivity contribution in [1.82, 2.24) is 20.0 Å². The van der Waals surface area contributed by atoms with Crippen molar-refractivity contribution in [2.45, 2.75) is 39.0 Å². The van der Waals surface area contributed by atoms with E-state index in [2.05, 4.69) is 15.0 Å². The molecule has 2 aliphatic rings. The number of aryl methyl sites for hydroxylation is 1. The Hall–Kier alpha value is -2.48. The predicted octanol–water partition coefficient (Wildman–Crippen LogP) is 2.39. The first-order chi connectivity index (χ1) is 13.7. The van der Waals surface area contributed by atoms with Gasteiger partial charge in [-0.2, -0.15) is 0 Å². The van der Waals surface area contributed by atoms with Crippen molar-refractivity contribution in [1.29, 1.82) is 0 Å². The van der Waals surface area contributed by atoms with Crippen LogP contribution in [0.15, 0.2) is 16.8 Å². The highest BCUT2D eigenvalue weighted by molar-refractivity contribution is 5.76. The van der Waals surface area contributed by atoms with Crippen molar-refractivity contribution < 1.29 is 14.1 Å². The van der Waals surface area contributed by atoms with Crippen molar-refractivity contribution in [3.63, 3.8) is 0 Å². The van der Waals surface area contributed by atoms with E-state index >= 15 is 0 Å². The van der Waals surface area contributed by atoms with E-state index in [4.69, 9.17) is 14.2 Å². The van der Waals surface area contributed by atoms with Gasteiger partial charge in [0, 0.05) is 50.8 Å². The van der Waals surface area contributed by atoms with E-state index in [9.17, 15) is 4.79 Å². The molecule has 1 unspecified atom stereocenters. The van der Waals surface area contributed by atoms with Crippen molar-refractivity contribution in [3.05, 3.63) is 23.7 Å². The minimum Gasteiger partial charge on any atom is -0.378 e. The van der Waals surface area contributed by atoms with Crippen LogP contribution in [-0.4, -0.2) is 65.3 Å². The number of ether oxygens (including phenoxy) is 1. The molecule has 2 saturated heterocycles. The number of amides is 1. The third-order valence-corrected chi connectivity index (χ3v) is 5.46. The maximum atomic E-state index is 12.3. The Kier molecular flexibility index (Phi) is 5.57. The van der Waals surface area contributed by atoms with E-state index in [1.165, 1.54) is 0 Å². The second-order valence-corrected chi connectivity index (χ2v) is 7.43. The Morgan fingerprint density at radius 1 is 1.29 bits per heavy atom. The van der Waals surface area contributed by atoms with Crippen LogP contribution in [0.4, 0.5) is 5.95 Å². The van der Waals surface area contributed by atoms with Gasteiger partial charge in [0.15, 0.2) is 5.76 Å². The van der Waals surface area contributed by atoms with Crippen LogP contribution < -0.4 is 4.90 Å². The summed E-state index contributed by atoms with van der Waals surface area (Å²) in [5.74, 6) is 1.76. The van der Waals surface area contributed by atoms with Gasteiger partial charge in [0.1, 0.15) is 0 Å². The zero-order valence-corrected chi connectivity index (χ0v) is 16.6. The molecule has 1 atom stereocenters. The molecule has 0 aromatic carbocycles. The van der Waals surface area contributed by atoms with Crippen LogP contribution >= 0.6 is 0 Å². The molecule has 2 aromatic heterocycles. The second kappa shape index (κ2) is 8.26. The molecule has 4 rings (SSSR count). The van der Waals surface area contributed by atoms with E-state index in [1.54, 1.807) is 0 Å². The second-order valence-electron chi connectivity index (χ2n) is 7.43. The van der Waals surface area contributed by atoms with Crippen molar-refractivity contribution >= 4 is 11.9 Å². The van der Waals surface area contributed by atoms with Gasteiger partial charge in [0.05, 0.1) is 30.2 Å². The molecule has 2 aliphatic heterocycles. The third kappa shape index (κ3) is 3.87. The number of morpholine rings is 1. The maximum absolute atomic E-state index is 12.3. The van der Waals surface area contributed by atoms with Crippen LogP contribution in [0.1, 0.15) is 43.5 Å². The summed E-state index contributed by atoms with van der Waals surface area (Å²) >= 11 is 0. The Balaban J connectivity index is 1.70. The van der Waals surface area contributed by atoms with Gasteiger partial charge >= 0.3 is 0 Å². The number of rotatable bonds is 4. The fourth-order valence-corrected chi connectivity index (χ4v) is 3.94. The summed E-state index contributed by atoms with van der Waals surface area (Å²) in [5.41, 5.74) is 2.64. The average Bonchev–Trinajstić information content (AvgIpc) is 3.19. The Bertz CT molecular complexity index is 831. The maximum Gasteiger partial charge on any atom is 0.225 e. The zero-order valence-electron chi connectivity index (χ0n) is 16.6. The van der Waals surface area contributed by atoms with Gasteiger partial charge in [-0.25, -0.2) is 9.97 Å². The first-order valence-electron chi connectivity index (χ1n) is 10.1. The van der Waals surface area contributed by atoms with E-state index in [1.807, 2.05) is 31.0 Å². The van der Waals surface area contributed by atoms with Gasteiger partial charge in [-0.15, -0.1) is 0 Å². The number of aromatic nitrogens is 3. The van der Waals surface area contributed by atoms with Gasteiger partial charge in [0.2, 0.25) is 11.9 Å². The molecule has 4 heterocycles. The van der Waals surface area contributed by atoms with Crippen LogP contribution in [-0.2, 0) is 9.53 Å². The lowest BCUT2D eigenvalue weighted by Crippen LogP contribution is -2.40. The van der Waals surface area contributed by atoms with Crippen LogP contribution in [0.3, 0.4) is 0 Å². The van der Waals surface area contributed by atoms with E-state index < -0.39 is 0 Å². The molecular formula is C20H27N5O3. The molecule has 1 amide bonds. The summed E-state index contributed by atoms with van der Waals surface area (Å²) in [6, 6.07) is 1.91. The number of hydrogen-bond donors (Lipinski definition) is 0. The van der Waals surface area contributed by atoms with E-state index in [0.29, 0.717) is 31.9 Å². The molecule has 8 heteroatoms. The summed E-state index contributed by atoms with van der Waals surface area (Å²) in [4.78, 5) is 25.9. The average molecular weight is 385 g/mol. The van der Waals surface area contributed by atoms with Gasteiger partial charge in [0.25, 0.3) is 0 Å². The van der Waals surface area contributed by atoms with E-state index in [-0.39, 0.29) is 11.8 Å². The summed E-state index contributed by atoms with van der Waals surface area (Å²) < 4.78 is 11.0. The van der Waals surface area contributed by atoms with E-state index in [0.717, 1.165) is 55.4 Å². The van der Waals surface area contributed by atoms with Crippen molar-refractivity contribution in [3.8, 4) is 11.3 Å². The number of piperidine rings is 1. The number of carbonyl (C=O) groups is 1. The van der Waals surface area contributed by atoms with Crippen LogP contribution in [0.25, 0.3) is 11.3 Å². The molecule has 0 radical (unpaired) electrons. The molecule has 0 aliphatic carbocycles. The lowest BCUT2D eigenvalue weighted by molar-refractivity contribution is -0.132. The minimum atomic E-state index is 0.160. The highest BCUT2D eigenvalue weighted by Crippen LogP contribution is 2.34. The van der Waals surface area contributed by atoms with Crippen molar-refractivity contribution in [2.75, 3.05) is 44.3 Å². The Morgan fingerprint density at radius 2 is 2.11 bits per heavy atom. The molecule has 150 valence electrons. The number of likely N-dealkylation sites (tertiary alicyclic amines) is 1. The van der Waals surface area contributed by atoms with Crippen molar-refractivity contribution in [2.24, 2.45) is 0 Å². The van der Waals surface area contributed by atoms with Gasteiger partial charge in [-0.1, -0.05) is 12.1 Å². The SMILES string of the molecule is CCC(=O)N1CCCC(c2nc(N3CCOCC3)ncc2-c2cc(C)no2)C1. The summed E-state index contributed by atoms with van der Waals surface area (Å²) in [7, 11) is 0. The molecule has 28 heavy (non-hydrogen) atoms. The smallest absolute Gasteiger partial charge is 0.225 e. The fraction of sp³-hybridized carbons (Fsp3) is 0.600. The molecule has 0 spiro atoms. The Morgan fingerprint density at radius 3 is 2.82 bits per heavy atom. The quantitative estimate of drug-likeness (QED) is 0.799. The molecular weight excluding hydrogens is 358 g/mol.